The summed E-state index contributed by atoms with van der Waals surface area (Å²) in [4.78, 5) is 12.3. The molecule has 0 spiro atoms. The molecule has 0 unspecified atom stereocenters. The maximum Gasteiger partial charge on any atom is 0.193 e. The van der Waals surface area contributed by atoms with Crippen LogP contribution >= 0.6 is 15.9 Å². The predicted molar refractivity (Wildman–Crippen MR) is 96.4 cm³/mol. The number of rotatable bonds is 6. The minimum Gasteiger partial charge on any atom is -0.493 e. The van der Waals surface area contributed by atoms with Gasteiger partial charge in [0.2, 0.25) is 0 Å². The summed E-state index contributed by atoms with van der Waals surface area (Å²) in [7, 11) is 0. The second kappa shape index (κ2) is 7.47. The van der Waals surface area contributed by atoms with E-state index in [-0.39, 0.29) is 5.43 Å². The highest BCUT2D eigenvalue weighted by atomic mass is 79.9. The van der Waals surface area contributed by atoms with Crippen molar-refractivity contribution in [2.24, 2.45) is 0 Å². The Morgan fingerprint density at radius 2 is 1.83 bits per heavy atom. The van der Waals surface area contributed by atoms with Crippen LogP contribution in [-0.2, 0) is 0 Å². The van der Waals surface area contributed by atoms with E-state index in [0.717, 1.165) is 29.5 Å². The number of unbranched alkanes of at least 4 members (excludes halogenated alkanes) is 1. The Bertz CT molecular complexity index is 840. The minimum absolute atomic E-state index is 0.0454. The van der Waals surface area contributed by atoms with E-state index in [1.165, 1.54) is 6.07 Å². The quantitative estimate of drug-likeness (QED) is 0.450. The van der Waals surface area contributed by atoms with E-state index in [4.69, 9.17) is 9.15 Å². The van der Waals surface area contributed by atoms with Crippen LogP contribution in [0.25, 0.3) is 22.3 Å². The van der Waals surface area contributed by atoms with Gasteiger partial charge in [-0.3, -0.25) is 4.79 Å². The van der Waals surface area contributed by atoms with Crippen LogP contribution in [0.15, 0.2) is 63.8 Å². The van der Waals surface area contributed by atoms with Gasteiger partial charge in [0.05, 0.1) is 12.0 Å². The van der Waals surface area contributed by atoms with Gasteiger partial charge in [-0.1, -0.05) is 46.3 Å². The first-order valence-corrected chi connectivity index (χ1v) is 8.72. The zero-order chi connectivity index (χ0) is 16.1. The first kappa shape index (κ1) is 15.8. The molecule has 3 rings (SSSR count). The van der Waals surface area contributed by atoms with Crippen molar-refractivity contribution in [3.05, 3.63) is 64.8 Å². The summed E-state index contributed by atoms with van der Waals surface area (Å²) in [6, 6.07) is 16.5. The Morgan fingerprint density at radius 3 is 2.61 bits per heavy atom. The molecule has 4 heteroatoms. The maximum absolute atomic E-state index is 12.3. The van der Waals surface area contributed by atoms with Crippen molar-refractivity contribution in [3.63, 3.8) is 0 Å². The summed E-state index contributed by atoms with van der Waals surface area (Å²) in [5, 5.41) is 1.54. The molecule has 2 aromatic carbocycles. The monoisotopic (exact) mass is 372 g/mol. The van der Waals surface area contributed by atoms with Gasteiger partial charge < -0.3 is 9.15 Å². The van der Waals surface area contributed by atoms with Gasteiger partial charge >= 0.3 is 0 Å². The van der Waals surface area contributed by atoms with E-state index in [1.54, 1.807) is 12.1 Å². The summed E-state index contributed by atoms with van der Waals surface area (Å²) in [5.74, 6) is 1.29. The van der Waals surface area contributed by atoms with Crippen molar-refractivity contribution in [1.82, 2.24) is 0 Å². The molecule has 0 saturated heterocycles. The Kier molecular flexibility index (Phi) is 5.13. The molecule has 0 saturated carbocycles. The molecule has 0 atom stereocenters. The highest BCUT2D eigenvalue weighted by molar-refractivity contribution is 9.09. The van der Waals surface area contributed by atoms with Crippen LogP contribution in [0.1, 0.15) is 12.8 Å². The number of benzene rings is 2. The van der Waals surface area contributed by atoms with Crippen molar-refractivity contribution in [1.29, 1.82) is 0 Å². The van der Waals surface area contributed by atoms with E-state index in [9.17, 15) is 4.79 Å². The second-order valence-corrected chi connectivity index (χ2v) is 6.04. The molecule has 0 amide bonds. The third-order valence-corrected chi connectivity index (χ3v) is 4.12. The van der Waals surface area contributed by atoms with Gasteiger partial charge in [-0.15, -0.1) is 0 Å². The van der Waals surface area contributed by atoms with Crippen LogP contribution in [0.2, 0.25) is 0 Å². The molecular weight excluding hydrogens is 356 g/mol. The van der Waals surface area contributed by atoms with Crippen molar-refractivity contribution >= 4 is 26.9 Å². The molecule has 0 aliphatic heterocycles. The van der Waals surface area contributed by atoms with Gasteiger partial charge in [0.15, 0.2) is 5.43 Å². The normalized spacial score (nSPS) is 10.8. The Balaban J connectivity index is 1.92. The molecule has 23 heavy (non-hydrogen) atoms. The van der Waals surface area contributed by atoms with Crippen LogP contribution in [-0.4, -0.2) is 11.9 Å². The number of hydrogen-bond acceptors (Lipinski definition) is 3. The highest BCUT2D eigenvalue weighted by Gasteiger charge is 2.08. The van der Waals surface area contributed by atoms with Crippen molar-refractivity contribution < 1.29 is 9.15 Å². The largest absolute Gasteiger partial charge is 0.493 e. The summed E-state index contributed by atoms with van der Waals surface area (Å²) in [6.07, 6.45) is 2.05. The topological polar surface area (TPSA) is 39.4 Å². The van der Waals surface area contributed by atoms with Crippen molar-refractivity contribution in [3.8, 4) is 17.1 Å². The molecule has 0 aliphatic carbocycles. The number of ether oxygens (including phenoxy) is 1. The number of alkyl halides is 1. The lowest BCUT2D eigenvalue weighted by atomic mass is 10.1. The first-order valence-electron chi connectivity index (χ1n) is 7.60. The van der Waals surface area contributed by atoms with Crippen LogP contribution < -0.4 is 10.2 Å². The van der Waals surface area contributed by atoms with Crippen LogP contribution in [0, 0.1) is 0 Å². The SMILES string of the molecule is O=c1cc(-c2ccccc2)oc2cc(OCCCCBr)ccc12. The highest BCUT2D eigenvalue weighted by Crippen LogP contribution is 2.24. The Labute approximate surface area is 143 Å². The molecule has 1 aromatic heterocycles. The van der Waals surface area contributed by atoms with Crippen molar-refractivity contribution in [2.75, 3.05) is 11.9 Å². The molecule has 0 radical (unpaired) electrons. The van der Waals surface area contributed by atoms with E-state index in [0.29, 0.717) is 23.3 Å². The average molecular weight is 373 g/mol. The maximum atomic E-state index is 12.3. The smallest absolute Gasteiger partial charge is 0.193 e. The zero-order valence-electron chi connectivity index (χ0n) is 12.6. The van der Waals surface area contributed by atoms with Gasteiger partial charge in [0, 0.05) is 23.0 Å². The standard InChI is InChI=1S/C19H17BrO3/c20-10-4-5-11-22-15-8-9-16-17(21)13-18(23-19(16)12-15)14-6-2-1-3-7-14/h1-3,6-9,12-13H,4-5,10-11H2. The van der Waals surface area contributed by atoms with Crippen LogP contribution in [0.4, 0.5) is 0 Å². The molecule has 0 bridgehead atoms. The molecule has 1 heterocycles. The summed E-state index contributed by atoms with van der Waals surface area (Å²) >= 11 is 3.40. The van der Waals surface area contributed by atoms with Crippen LogP contribution in [0.3, 0.4) is 0 Å². The third-order valence-electron chi connectivity index (χ3n) is 3.56. The fraction of sp³-hybridized carbons (Fsp3) is 0.211. The third kappa shape index (κ3) is 3.82. The Morgan fingerprint density at radius 1 is 1.00 bits per heavy atom. The molecule has 3 aromatic rings. The van der Waals surface area contributed by atoms with Gasteiger partial charge in [0.1, 0.15) is 17.1 Å². The predicted octanol–water partition coefficient (Wildman–Crippen LogP) is 5.01. The number of hydrogen-bond donors (Lipinski definition) is 0. The number of fused-ring (bicyclic) bond motifs is 1. The lowest BCUT2D eigenvalue weighted by molar-refractivity contribution is 0.310. The summed E-state index contributed by atoms with van der Waals surface area (Å²) in [5.41, 5.74) is 1.39. The lowest BCUT2D eigenvalue weighted by Gasteiger charge is -2.07. The van der Waals surface area contributed by atoms with Crippen LogP contribution in [0.5, 0.6) is 5.75 Å². The van der Waals surface area contributed by atoms with E-state index in [2.05, 4.69) is 15.9 Å². The number of halogens is 1. The fourth-order valence-corrected chi connectivity index (χ4v) is 2.75. The molecule has 0 aliphatic rings. The lowest BCUT2D eigenvalue weighted by Crippen LogP contribution is -2.02. The molecule has 118 valence electrons. The summed E-state index contributed by atoms with van der Waals surface area (Å²) in [6.45, 7) is 0.652. The summed E-state index contributed by atoms with van der Waals surface area (Å²) < 4.78 is 11.6. The second-order valence-electron chi connectivity index (χ2n) is 5.24. The molecule has 0 fully saturated rings. The fourth-order valence-electron chi connectivity index (χ4n) is 2.36. The van der Waals surface area contributed by atoms with Crippen molar-refractivity contribution in [2.45, 2.75) is 12.8 Å². The van der Waals surface area contributed by atoms with Gasteiger partial charge in [-0.05, 0) is 25.0 Å². The zero-order valence-corrected chi connectivity index (χ0v) is 14.2. The average Bonchev–Trinajstić information content (AvgIpc) is 2.59. The minimum atomic E-state index is -0.0454. The van der Waals surface area contributed by atoms with Gasteiger partial charge in [0.25, 0.3) is 0 Å². The van der Waals surface area contributed by atoms with Gasteiger partial charge in [-0.2, -0.15) is 0 Å². The van der Waals surface area contributed by atoms with Gasteiger partial charge in [-0.25, -0.2) is 0 Å². The molecular formula is C19H17BrO3. The van der Waals surface area contributed by atoms with E-state index in [1.807, 2.05) is 36.4 Å². The van der Waals surface area contributed by atoms with E-state index < -0.39 is 0 Å². The molecule has 3 nitrogen and oxygen atoms in total. The Hall–Kier alpha value is -2.07. The molecule has 0 N–H and O–H groups in total. The van der Waals surface area contributed by atoms with E-state index >= 15 is 0 Å². The first-order chi connectivity index (χ1) is 11.3.